The maximum Gasteiger partial charge on any atom is 0.260 e. The van der Waals surface area contributed by atoms with Gasteiger partial charge in [-0.1, -0.05) is 12.1 Å². The number of anilines is 1. The summed E-state index contributed by atoms with van der Waals surface area (Å²) in [5.41, 5.74) is 4.47. The van der Waals surface area contributed by atoms with Gasteiger partial charge in [-0.25, -0.2) is 0 Å². The van der Waals surface area contributed by atoms with E-state index in [0.717, 1.165) is 24.3 Å². The zero-order valence-electron chi connectivity index (χ0n) is 15.0. The molecule has 0 fully saturated rings. The Kier molecular flexibility index (Phi) is 4.61. The number of amides is 1. The minimum Gasteiger partial charge on any atom is -0.494 e. The number of ether oxygens (including phenoxy) is 1. The highest BCUT2D eigenvalue weighted by Gasteiger charge is 2.26. The van der Waals surface area contributed by atoms with Gasteiger partial charge in [0.25, 0.3) is 5.91 Å². The van der Waals surface area contributed by atoms with E-state index in [-0.39, 0.29) is 5.91 Å². The van der Waals surface area contributed by atoms with Crippen molar-refractivity contribution in [1.82, 2.24) is 4.90 Å². The second-order valence-corrected chi connectivity index (χ2v) is 6.54. The van der Waals surface area contributed by atoms with Gasteiger partial charge in [-0.3, -0.25) is 14.7 Å². The summed E-state index contributed by atoms with van der Waals surface area (Å²) in [4.78, 5) is 19.2. The molecule has 134 valence electrons. The van der Waals surface area contributed by atoms with Crippen LogP contribution in [0.25, 0.3) is 0 Å². The number of nitrogens with zero attached hydrogens (tertiary/aromatic N) is 2. The zero-order valence-corrected chi connectivity index (χ0v) is 15.0. The number of rotatable bonds is 4. The molecule has 5 heteroatoms. The standard InChI is InChI=1S/C21H23N3O2/c1-2-26-17-11-9-16(10-12-17)20(25)24-14-13-22-21(24)23-19-8-4-6-15-5-3-7-18(15)19/h4,6,8-12H,2-3,5,7,13-14H2,1H3,(H,22,23). The monoisotopic (exact) mass is 349 g/mol. The average Bonchev–Trinajstić information content (AvgIpc) is 3.32. The first kappa shape index (κ1) is 16.6. The van der Waals surface area contributed by atoms with E-state index in [2.05, 4.69) is 28.5 Å². The van der Waals surface area contributed by atoms with Crippen LogP contribution >= 0.6 is 0 Å². The maximum atomic E-state index is 12.9. The summed E-state index contributed by atoms with van der Waals surface area (Å²) in [5.74, 6) is 1.38. The van der Waals surface area contributed by atoms with Crippen LogP contribution in [0.5, 0.6) is 5.75 Å². The second-order valence-electron chi connectivity index (χ2n) is 6.54. The van der Waals surface area contributed by atoms with E-state index < -0.39 is 0 Å². The minimum absolute atomic E-state index is 0.0376. The average molecular weight is 349 g/mol. The molecule has 0 saturated carbocycles. The normalized spacial score (nSPS) is 15.6. The van der Waals surface area contributed by atoms with Crippen LogP contribution in [0.4, 0.5) is 5.69 Å². The number of fused-ring (bicyclic) bond motifs is 1. The van der Waals surface area contributed by atoms with E-state index in [4.69, 9.17) is 4.74 Å². The Morgan fingerprint density at radius 2 is 2.04 bits per heavy atom. The number of guanidine groups is 1. The molecule has 0 spiro atoms. The van der Waals surface area contributed by atoms with Crippen molar-refractivity contribution in [2.24, 2.45) is 4.99 Å². The highest BCUT2D eigenvalue weighted by molar-refractivity contribution is 6.11. The largest absolute Gasteiger partial charge is 0.494 e. The number of carbonyl (C=O) groups excluding carboxylic acids is 1. The molecule has 0 bridgehead atoms. The van der Waals surface area contributed by atoms with Gasteiger partial charge in [-0.2, -0.15) is 0 Å². The molecule has 26 heavy (non-hydrogen) atoms. The summed E-state index contributed by atoms with van der Waals surface area (Å²) in [6.45, 7) is 3.78. The lowest BCUT2D eigenvalue weighted by Crippen LogP contribution is -2.38. The molecule has 0 unspecified atom stereocenters. The van der Waals surface area contributed by atoms with E-state index in [1.807, 2.05) is 31.2 Å². The van der Waals surface area contributed by atoms with Crippen LogP contribution in [0.15, 0.2) is 47.5 Å². The van der Waals surface area contributed by atoms with Crippen LogP contribution < -0.4 is 10.1 Å². The first-order valence-electron chi connectivity index (χ1n) is 9.23. The zero-order chi connectivity index (χ0) is 17.9. The summed E-state index contributed by atoms with van der Waals surface area (Å²) in [7, 11) is 0. The summed E-state index contributed by atoms with van der Waals surface area (Å²) >= 11 is 0. The van der Waals surface area contributed by atoms with Gasteiger partial charge in [0.05, 0.1) is 13.2 Å². The van der Waals surface area contributed by atoms with E-state index in [1.165, 1.54) is 17.5 Å². The first-order chi connectivity index (χ1) is 12.8. The molecule has 1 N–H and O–H groups in total. The topological polar surface area (TPSA) is 53.9 Å². The van der Waals surface area contributed by atoms with Crippen molar-refractivity contribution in [3.8, 4) is 5.75 Å². The highest BCUT2D eigenvalue weighted by Crippen LogP contribution is 2.29. The Morgan fingerprint density at radius 3 is 2.85 bits per heavy atom. The third-order valence-electron chi connectivity index (χ3n) is 4.89. The Morgan fingerprint density at radius 1 is 1.19 bits per heavy atom. The number of hydrogen-bond acceptors (Lipinski definition) is 4. The van der Waals surface area contributed by atoms with Gasteiger partial charge in [-0.15, -0.1) is 0 Å². The quantitative estimate of drug-likeness (QED) is 0.919. The Bertz CT molecular complexity index is 843. The molecule has 0 aromatic heterocycles. The molecule has 2 aliphatic rings. The lowest BCUT2D eigenvalue weighted by molar-refractivity contribution is 0.0858. The van der Waals surface area contributed by atoms with Crippen molar-refractivity contribution in [3.63, 3.8) is 0 Å². The van der Waals surface area contributed by atoms with Crippen LogP contribution in [-0.2, 0) is 12.8 Å². The van der Waals surface area contributed by atoms with Gasteiger partial charge < -0.3 is 10.1 Å². The van der Waals surface area contributed by atoms with E-state index in [9.17, 15) is 4.79 Å². The predicted molar refractivity (Wildman–Crippen MR) is 103 cm³/mol. The third kappa shape index (κ3) is 3.17. The molecule has 1 aliphatic heterocycles. The number of aliphatic imine (C=N–C) groups is 1. The number of benzene rings is 2. The maximum absolute atomic E-state index is 12.9. The molecular formula is C21H23N3O2. The fraction of sp³-hybridized carbons (Fsp3) is 0.333. The van der Waals surface area contributed by atoms with Crippen molar-refractivity contribution < 1.29 is 9.53 Å². The van der Waals surface area contributed by atoms with E-state index in [1.54, 1.807) is 4.90 Å². The summed E-state index contributed by atoms with van der Waals surface area (Å²) < 4.78 is 5.45. The van der Waals surface area contributed by atoms with Gasteiger partial charge in [0.1, 0.15) is 5.75 Å². The number of carbonyl (C=O) groups is 1. The molecule has 1 heterocycles. The second kappa shape index (κ2) is 7.20. The van der Waals surface area contributed by atoms with E-state index >= 15 is 0 Å². The van der Waals surface area contributed by atoms with Crippen molar-refractivity contribution in [3.05, 3.63) is 59.2 Å². The number of hydrogen-bond donors (Lipinski definition) is 1. The van der Waals surface area contributed by atoms with Crippen LogP contribution in [0.2, 0.25) is 0 Å². The van der Waals surface area contributed by atoms with Gasteiger partial charge in [0.2, 0.25) is 5.96 Å². The summed E-state index contributed by atoms with van der Waals surface area (Å²) in [5, 5.41) is 3.40. The van der Waals surface area contributed by atoms with Crippen LogP contribution in [0, 0.1) is 0 Å². The van der Waals surface area contributed by atoms with Gasteiger partial charge in [0.15, 0.2) is 0 Å². The molecule has 1 aliphatic carbocycles. The Labute approximate surface area is 153 Å². The smallest absolute Gasteiger partial charge is 0.260 e. The molecule has 0 radical (unpaired) electrons. The Hall–Kier alpha value is -2.82. The Balaban J connectivity index is 1.51. The lowest BCUT2D eigenvalue weighted by atomic mass is 10.1. The molecular weight excluding hydrogens is 326 g/mol. The molecule has 0 saturated heterocycles. The molecule has 2 aromatic carbocycles. The fourth-order valence-corrected chi connectivity index (χ4v) is 3.63. The third-order valence-corrected chi connectivity index (χ3v) is 4.89. The van der Waals surface area contributed by atoms with Gasteiger partial charge in [0, 0.05) is 17.8 Å². The first-order valence-corrected chi connectivity index (χ1v) is 9.23. The van der Waals surface area contributed by atoms with Crippen molar-refractivity contribution in [2.75, 3.05) is 25.0 Å². The molecule has 5 nitrogen and oxygen atoms in total. The lowest BCUT2D eigenvalue weighted by Gasteiger charge is -2.20. The number of aryl methyl sites for hydroxylation is 1. The van der Waals surface area contributed by atoms with Crippen molar-refractivity contribution in [1.29, 1.82) is 0 Å². The van der Waals surface area contributed by atoms with Crippen molar-refractivity contribution in [2.45, 2.75) is 26.2 Å². The molecule has 2 aromatic rings. The predicted octanol–water partition coefficient (Wildman–Crippen LogP) is 3.50. The highest BCUT2D eigenvalue weighted by atomic mass is 16.5. The van der Waals surface area contributed by atoms with Crippen LogP contribution in [0.1, 0.15) is 34.8 Å². The summed E-state index contributed by atoms with van der Waals surface area (Å²) in [6, 6.07) is 13.6. The van der Waals surface area contributed by atoms with Gasteiger partial charge >= 0.3 is 0 Å². The van der Waals surface area contributed by atoms with Crippen LogP contribution in [-0.4, -0.2) is 36.5 Å². The molecule has 1 amide bonds. The van der Waals surface area contributed by atoms with Gasteiger partial charge in [-0.05, 0) is 67.6 Å². The molecule has 0 atom stereocenters. The summed E-state index contributed by atoms with van der Waals surface area (Å²) in [6.07, 6.45) is 3.40. The molecule has 4 rings (SSSR count). The fourth-order valence-electron chi connectivity index (χ4n) is 3.63. The SMILES string of the molecule is CCOc1ccc(C(=O)N2CCN=C2Nc2cccc3c2CCC3)cc1. The van der Waals surface area contributed by atoms with E-state index in [0.29, 0.717) is 31.2 Å². The van der Waals surface area contributed by atoms with Crippen molar-refractivity contribution >= 4 is 17.6 Å². The number of nitrogens with one attached hydrogen (secondary N) is 1. The van der Waals surface area contributed by atoms with Crippen LogP contribution in [0.3, 0.4) is 0 Å². The minimum atomic E-state index is -0.0376.